The number of halogens is 1. The van der Waals surface area contributed by atoms with Gasteiger partial charge in [-0.15, -0.1) is 11.8 Å². The molecule has 0 spiro atoms. The van der Waals surface area contributed by atoms with Gasteiger partial charge in [0, 0.05) is 26.9 Å². The fourth-order valence-corrected chi connectivity index (χ4v) is 4.47. The molecule has 4 aromatic rings. The summed E-state index contributed by atoms with van der Waals surface area (Å²) in [4.78, 5) is 39.2. The minimum Gasteiger partial charge on any atom is -0.494 e. The summed E-state index contributed by atoms with van der Waals surface area (Å²) in [5.74, 6) is -0.0604. The van der Waals surface area contributed by atoms with Crippen LogP contribution in [0.1, 0.15) is 22.8 Å². The van der Waals surface area contributed by atoms with E-state index in [1.54, 1.807) is 78.9 Å². The van der Waals surface area contributed by atoms with Gasteiger partial charge in [-0.3, -0.25) is 14.4 Å². The van der Waals surface area contributed by atoms with Crippen LogP contribution in [-0.2, 0) is 9.59 Å². The van der Waals surface area contributed by atoms with Crippen molar-refractivity contribution < 1.29 is 19.1 Å². The molecule has 0 unspecified atom stereocenters. The molecule has 0 fully saturated rings. The minimum absolute atomic E-state index is 0.0746. The molecule has 0 atom stereocenters. The molecule has 9 heteroatoms. The van der Waals surface area contributed by atoms with Crippen LogP contribution in [0.4, 0.5) is 11.4 Å². The Balaban J connectivity index is 1.36. The Morgan fingerprint density at radius 3 is 2.10 bits per heavy atom. The van der Waals surface area contributed by atoms with Crippen LogP contribution >= 0.6 is 23.4 Å². The fraction of sp³-hybridized carbons (Fsp3) is 0.0938. The third kappa shape index (κ3) is 9.27. The first-order chi connectivity index (χ1) is 19.9. The standard InChI is InChI=1S/C32H28ClN3O4S/c1-2-40-27-16-12-25(13-17-27)34-30(37)21-41-28-18-14-26(15-19-28)35-32(39)29(20-22-8-10-24(33)11-9-22)36-31(38)23-6-4-3-5-7-23/h3-20H,2,21H2,1H3,(H,34,37)(H,35,39)(H,36,38)/b29-20-. The molecule has 3 N–H and O–H groups in total. The summed E-state index contributed by atoms with van der Waals surface area (Å²) in [5, 5.41) is 8.96. The van der Waals surface area contributed by atoms with Crippen LogP contribution in [-0.4, -0.2) is 30.1 Å². The zero-order valence-electron chi connectivity index (χ0n) is 22.2. The van der Waals surface area contributed by atoms with E-state index in [1.165, 1.54) is 11.8 Å². The summed E-state index contributed by atoms with van der Waals surface area (Å²) >= 11 is 7.36. The van der Waals surface area contributed by atoms with Crippen LogP contribution in [0, 0.1) is 0 Å². The molecular weight excluding hydrogens is 558 g/mol. The van der Waals surface area contributed by atoms with E-state index in [0.717, 1.165) is 10.6 Å². The van der Waals surface area contributed by atoms with Crippen molar-refractivity contribution in [1.82, 2.24) is 5.32 Å². The van der Waals surface area contributed by atoms with Crippen LogP contribution in [0.3, 0.4) is 0 Å². The van der Waals surface area contributed by atoms with Crippen molar-refractivity contribution in [3.63, 3.8) is 0 Å². The van der Waals surface area contributed by atoms with Gasteiger partial charge in [-0.1, -0.05) is 41.9 Å². The molecule has 0 aliphatic carbocycles. The molecule has 41 heavy (non-hydrogen) atoms. The average molecular weight is 586 g/mol. The molecule has 4 aromatic carbocycles. The second-order valence-corrected chi connectivity index (χ2v) is 10.2. The number of carbonyl (C=O) groups is 3. The summed E-state index contributed by atoms with van der Waals surface area (Å²) in [6.45, 7) is 2.49. The molecule has 0 aliphatic heterocycles. The van der Waals surface area contributed by atoms with Gasteiger partial charge >= 0.3 is 0 Å². The highest BCUT2D eigenvalue weighted by atomic mass is 35.5. The first-order valence-electron chi connectivity index (χ1n) is 12.8. The maximum absolute atomic E-state index is 13.2. The molecule has 208 valence electrons. The second-order valence-electron chi connectivity index (χ2n) is 8.70. The Labute approximate surface area is 248 Å². The number of thioether (sulfide) groups is 1. The van der Waals surface area contributed by atoms with Gasteiger partial charge in [0.05, 0.1) is 12.4 Å². The van der Waals surface area contributed by atoms with Crippen molar-refractivity contribution in [2.45, 2.75) is 11.8 Å². The van der Waals surface area contributed by atoms with Gasteiger partial charge in [0.15, 0.2) is 0 Å². The number of benzene rings is 4. The molecule has 0 heterocycles. The topological polar surface area (TPSA) is 96.5 Å². The van der Waals surface area contributed by atoms with Gasteiger partial charge in [-0.25, -0.2) is 0 Å². The lowest BCUT2D eigenvalue weighted by molar-refractivity contribution is -0.114. The number of amides is 3. The minimum atomic E-state index is -0.487. The molecule has 0 aliphatic rings. The lowest BCUT2D eigenvalue weighted by Gasteiger charge is -2.12. The van der Waals surface area contributed by atoms with E-state index in [9.17, 15) is 14.4 Å². The van der Waals surface area contributed by atoms with Crippen molar-refractivity contribution in [3.8, 4) is 5.75 Å². The molecule has 0 radical (unpaired) electrons. The summed E-state index contributed by atoms with van der Waals surface area (Å²) in [7, 11) is 0. The predicted molar refractivity (Wildman–Crippen MR) is 165 cm³/mol. The largest absolute Gasteiger partial charge is 0.494 e. The highest BCUT2D eigenvalue weighted by Gasteiger charge is 2.15. The van der Waals surface area contributed by atoms with Crippen molar-refractivity contribution in [2.75, 3.05) is 23.0 Å². The highest BCUT2D eigenvalue weighted by molar-refractivity contribution is 8.00. The Morgan fingerprint density at radius 1 is 0.805 bits per heavy atom. The predicted octanol–water partition coefficient (Wildman–Crippen LogP) is 6.88. The van der Waals surface area contributed by atoms with Gasteiger partial charge in [0.1, 0.15) is 11.4 Å². The number of anilines is 2. The number of carbonyl (C=O) groups excluding carboxylic acids is 3. The van der Waals surface area contributed by atoms with Crippen molar-refractivity contribution in [3.05, 3.63) is 125 Å². The second kappa shape index (κ2) is 14.7. The molecule has 0 saturated carbocycles. The Morgan fingerprint density at radius 2 is 1.44 bits per heavy atom. The van der Waals surface area contributed by atoms with E-state index in [-0.39, 0.29) is 17.4 Å². The summed E-state index contributed by atoms with van der Waals surface area (Å²) in [6, 6.07) is 29.9. The molecule has 0 bridgehead atoms. The third-order valence-electron chi connectivity index (χ3n) is 5.64. The van der Waals surface area contributed by atoms with E-state index in [0.29, 0.717) is 34.1 Å². The van der Waals surface area contributed by atoms with Crippen LogP contribution in [0.2, 0.25) is 5.02 Å². The van der Waals surface area contributed by atoms with Crippen LogP contribution in [0.25, 0.3) is 6.08 Å². The van der Waals surface area contributed by atoms with Crippen LogP contribution < -0.4 is 20.7 Å². The van der Waals surface area contributed by atoms with E-state index in [1.807, 2.05) is 37.3 Å². The van der Waals surface area contributed by atoms with Crippen molar-refractivity contribution in [1.29, 1.82) is 0 Å². The number of nitrogens with one attached hydrogen (secondary N) is 3. The van der Waals surface area contributed by atoms with Gasteiger partial charge in [0.2, 0.25) is 5.91 Å². The average Bonchev–Trinajstić information content (AvgIpc) is 2.99. The maximum atomic E-state index is 13.2. The summed E-state index contributed by atoms with van der Waals surface area (Å²) in [6.07, 6.45) is 1.58. The van der Waals surface area contributed by atoms with Crippen LogP contribution in [0.5, 0.6) is 5.75 Å². The highest BCUT2D eigenvalue weighted by Crippen LogP contribution is 2.22. The number of ether oxygens (including phenoxy) is 1. The normalized spacial score (nSPS) is 10.9. The molecular formula is C32H28ClN3O4S. The maximum Gasteiger partial charge on any atom is 0.272 e. The van der Waals surface area contributed by atoms with E-state index in [4.69, 9.17) is 16.3 Å². The Hall–Kier alpha value is -4.53. The third-order valence-corrected chi connectivity index (χ3v) is 6.91. The van der Waals surface area contributed by atoms with Crippen LogP contribution in [0.15, 0.2) is 114 Å². The molecule has 0 saturated heterocycles. The smallest absolute Gasteiger partial charge is 0.272 e. The molecule has 3 amide bonds. The fourth-order valence-electron chi connectivity index (χ4n) is 3.65. The summed E-state index contributed by atoms with van der Waals surface area (Å²) < 4.78 is 5.41. The van der Waals surface area contributed by atoms with Gasteiger partial charge < -0.3 is 20.7 Å². The zero-order valence-corrected chi connectivity index (χ0v) is 23.8. The number of hydrogen-bond donors (Lipinski definition) is 3. The van der Waals surface area contributed by atoms with E-state index >= 15 is 0 Å². The number of hydrogen-bond acceptors (Lipinski definition) is 5. The van der Waals surface area contributed by atoms with E-state index < -0.39 is 11.8 Å². The zero-order chi connectivity index (χ0) is 29.0. The lowest BCUT2D eigenvalue weighted by Crippen LogP contribution is -2.30. The van der Waals surface area contributed by atoms with Gasteiger partial charge in [0.25, 0.3) is 11.8 Å². The molecule has 4 rings (SSSR count). The van der Waals surface area contributed by atoms with Crippen molar-refractivity contribution >= 4 is 58.5 Å². The number of rotatable bonds is 11. The van der Waals surface area contributed by atoms with E-state index in [2.05, 4.69) is 16.0 Å². The van der Waals surface area contributed by atoms with Gasteiger partial charge in [-0.2, -0.15) is 0 Å². The first-order valence-corrected chi connectivity index (χ1v) is 14.2. The quantitative estimate of drug-likeness (QED) is 0.132. The Bertz CT molecular complexity index is 1510. The van der Waals surface area contributed by atoms with Gasteiger partial charge in [-0.05, 0) is 91.4 Å². The summed E-state index contributed by atoms with van der Waals surface area (Å²) in [5.41, 5.74) is 2.43. The monoisotopic (exact) mass is 585 g/mol. The van der Waals surface area contributed by atoms with Crippen molar-refractivity contribution in [2.24, 2.45) is 0 Å². The first kappa shape index (κ1) is 29.5. The SMILES string of the molecule is CCOc1ccc(NC(=O)CSc2ccc(NC(=O)/C(=C/c3ccc(Cl)cc3)NC(=O)c3ccccc3)cc2)cc1. The lowest BCUT2D eigenvalue weighted by atomic mass is 10.1. The molecule has 0 aromatic heterocycles. The Kier molecular flexibility index (Phi) is 10.6. The molecule has 7 nitrogen and oxygen atoms in total.